The average molecular weight is 899 g/mol. The van der Waals surface area contributed by atoms with Gasteiger partial charge in [-0.15, -0.1) is 0 Å². The van der Waals surface area contributed by atoms with Crippen molar-refractivity contribution in [2.75, 3.05) is 27.4 Å². The smallest absolute Gasteiger partial charge is 0.147 e. The zero-order chi connectivity index (χ0) is 46.5. The van der Waals surface area contributed by atoms with Crippen LogP contribution in [0.3, 0.4) is 0 Å². The maximum Gasteiger partial charge on any atom is 0.147 e. The summed E-state index contributed by atoms with van der Waals surface area (Å²) < 4.78 is 29.5. The van der Waals surface area contributed by atoms with Crippen molar-refractivity contribution in [1.82, 2.24) is 9.13 Å². The van der Waals surface area contributed by atoms with Crippen LogP contribution < -0.4 is 18.9 Å². The van der Waals surface area contributed by atoms with Gasteiger partial charge in [-0.25, -0.2) is 0 Å². The van der Waals surface area contributed by atoms with Crippen molar-refractivity contribution in [2.24, 2.45) is 11.8 Å². The van der Waals surface area contributed by atoms with E-state index < -0.39 is 0 Å². The van der Waals surface area contributed by atoms with Crippen molar-refractivity contribution in [3.8, 4) is 68.1 Å². The zero-order valence-corrected chi connectivity index (χ0v) is 38.8. The first-order valence-corrected chi connectivity index (χ1v) is 23.6. The highest BCUT2D eigenvalue weighted by Gasteiger charge is 2.29. The molecule has 0 spiro atoms. The number of hydrogen-bond acceptors (Lipinski definition) is 6. The molecule has 1 aliphatic carbocycles. The van der Waals surface area contributed by atoms with E-state index in [4.69, 9.17) is 18.9 Å². The second kappa shape index (κ2) is 17.8. The molecule has 0 amide bonds. The molecule has 340 valence electrons. The molecular formula is C60H54N2O6. The number of aromatic hydroxyl groups is 2. The number of ether oxygens (including phenoxy) is 4. The van der Waals surface area contributed by atoms with Crippen LogP contribution in [0, 0.1) is 25.7 Å². The van der Waals surface area contributed by atoms with E-state index in [1.165, 1.54) is 0 Å². The summed E-state index contributed by atoms with van der Waals surface area (Å²) in [6, 6.07) is 53.1. The Labute approximate surface area is 396 Å². The number of rotatable bonds is 12. The van der Waals surface area contributed by atoms with Gasteiger partial charge < -0.3 is 38.3 Å². The van der Waals surface area contributed by atoms with Crippen molar-refractivity contribution < 1.29 is 29.2 Å². The number of hydrogen-bond donors (Lipinski definition) is 2. The minimum atomic E-state index is 0.168. The molecular weight excluding hydrogens is 845 g/mol. The summed E-state index contributed by atoms with van der Waals surface area (Å²) in [6.45, 7) is 5.09. The number of phenols is 2. The highest BCUT2D eigenvalue weighted by Crippen LogP contribution is 2.47. The molecule has 8 heteroatoms. The van der Waals surface area contributed by atoms with Gasteiger partial charge in [0.05, 0.1) is 60.9 Å². The summed E-state index contributed by atoms with van der Waals surface area (Å²) in [7, 11) is 3.32. The SMILES string of the molecule is COc1ccc(OCC2CCCC[C@H]2COc2ccc(OC)cc2-c2cc(C)cc(-n3c4ccccc4c4ccccc43)c2O)c(-c2cc(C)cc(-n3c4ccccc4c4ccccc43)c2O)c1. The van der Waals surface area contributed by atoms with Crippen LogP contribution in [0.1, 0.15) is 36.8 Å². The fourth-order valence-electron chi connectivity index (χ4n) is 10.7. The molecule has 10 aromatic rings. The van der Waals surface area contributed by atoms with E-state index in [9.17, 15) is 10.2 Å². The monoisotopic (exact) mass is 898 g/mol. The quantitative estimate of drug-likeness (QED) is 0.127. The lowest BCUT2D eigenvalue weighted by Crippen LogP contribution is -2.30. The summed E-state index contributed by atoms with van der Waals surface area (Å²) in [5, 5.41) is 29.2. The third-order valence-corrected chi connectivity index (χ3v) is 14.0. The number of para-hydroxylation sites is 4. The Morgan fingerprint density at radius 1 is 0.441 bits per heavy atom. The number of fused-ring (bicyclic) bond motifs is 6. The standard InChI is InChI=1S/C60H54N2O6/c1-37-29-49(59(63)55(31-37)61-51-21-11-7-17-43(51)44-18-8-12-22-52(44)61)47-33-41(65-3)25-27-57(47)67-35-39-15-5-6-16-40(39)36-68-58-28-26-42(66-4)34-48(58)50-30-38(2)32-56(60(50)64)62-53-23-13-9-19-45(53)46-20-10-14-24-54(46)62/h7-14,17-34,39-40,63-64H,5-6,15-16,35-36H2,1-4H3/t39-,40?/m0/s1. The highest BCUT2D eigenvalue weighted by molar-refractivity contribution is 6.10. The van der Waals surface area contributed by atoms with Gasteiger partial charge in [-0.3, -0.25) is 0 Å². The minimum Gasteiger partial charge on any atom is -0.505 e. The fraction of sp³-hybridized carbons (Fsp3) is 0.200. The second-order valence-electron chi connectivity index (χ2n) is 18.3. The number of phenolic OH excluding ortho intramolecular Hbond substituents is 2. The van der Waals surface area contributed by atoms with Crippen LogP contribution >= 0.6 is 0 Å². The van der Waals surface area contributed by atoms with Gasteiger partial charge in [0.15, 0.2) is 0 Å². The Morgan fingerprint density at radius 2 is 0.794 bits per heavy atom. The topological polar surface area (TPSA) is 87.2 Å². The van der Waals surface area contributed by atoms with Gasteiger partial charge in [0, 0.05) is 43.8 Å². The molecule has 0 bridgehead atoms. The number of aryl methyl sites for hydroxylation is 2. The summed E-state index contributed by atoms with van der Waals surface area (Å²) >= 11 is 0. The van der Waals surface area contributed by atoms with Crippen molar-refractivity contribution >= 4 is 43.6 Å². The van der Waals surface area contributed by atoms with Crippen LogP contribution in [0.25, 0.3) is 77.2 Å². The van der Waals surface area contributed by atoms with E-state index in [-0.39, 0.29) is 23.3 Å². The lowest BCUT2D eigenvalue weighted by molar-refractivity contribution is 0.105. The first kappa shape index (κ1) is 42.8. The van der Waals surface area contributed by atoms with E-state index in [0.29, 0.717) is 58.7 Å². The first-order valence-electron chi connectivity index (χ1n) is 23.6. The molecule has 1 unspecified atom stereocenters. The molecule has 1 aliphatic rings. The molecule has 2 atom stereocenters. The van der Waals surface area contributed by atoms with E-state index >= 15 is 0 Å². The number of benzene rings is 8. The number of methoxy groups -OCH3 is 2. The van der Waals surface area contributed by atoms with Crippen LogP contribution in [0.2, 0.25) is 0 Å². The van der Waals surface area contributed by atoms with Crippen LogP contribution in [0.5, 0.6) is 34.5 Å². The van der Waals surface area contributed by atoms with Crippen molar-refractivity contribution in [2.45, 2.75) is 39.5 Å². The third kappa shape index (κ3) is 7.50. The Bertz CT molecular complexity index is 3190. The molecule has 8 nitrogen and oxygen atoms in total. The largest absolute Gasteiger partial charge is 0.505 e. The predicted molar refractivity (Wildman–Crippen MR) is 275 cm³/mol. The van der Waals surface area contributed by atoms with E-state index in [1.807, 2.05) is 84.9 Å². The zero-order valence-electron chi connectivity index (χ0n) is 38.8. The van der Waals surface area contributed by atoms with Gasteiger partial charge in [0.25, 0.3) is 0 Å². The van der Waals surface area contributed by atoms with Gasteiger partial charge in [0.2, 0.25) is 0 Å². The van der Waals surface area contributed by atoms with E-state index in [2.05, 4.69) is 95.8 Å². The molecule has 11 rings (SSSR count). The predicted octanol–water partition coefficient (Wildman–Crippen LogP) is 14.5. The van der Waals surface area contributed by atoms with Gasteiger partial charge in [-0.05, 0) is 135 Å². The molecule has 0 saturated heterocycles. The van der Waals surface area contributed by atoms with Crippen LogP contribution in [-0.4, -0.2) is 46.8 Å². The molecule has 8 aromatic carbocycles. The van der Waals surface area contributed by atoms with Gasteiger partial charge in [-0.1, -0.05) is 85.6 Å². The Morgan fingerprint density at radius 3 is 1.15 bits per heavy atom. The van der Waals surface area contributed by atoms with Gasteiger partial charge in [0.1, 0.15) is 34.5 Å². The summed E-state index contributed by atoms with van der Waals surface area (Å²) in [4.78, 5) is 0. The molecule has 0 aliphatic heterocycles. The van der Waals surface area contributed by atoms with Gasteiger partial charge in [-0.2, -0.15) is 0 Å². The van der Waals surface area contributed by atoms with Crippen LogP contribution in [0.4, 0.5) is 0 Å². The summed E-state index contributed by atoms with van der Waals surface area (Å²) in [6.07, 6.45) is 4.22. The van der Waals surface area contributed by atoms with E-state index in [0.717, 1.165) is 91.5 Å². The fourth-order valence-corrected chi connectivity index (χ4v) is 10.7. The molecule has 2 aromatic heterocycles. The molecule has 1 saturated carbocycles. The van der Waals surface area contributed by atoms with Crippen LogP contribution in [-0.2, 0) is 0 Å². The number of nitrogens with zero attached hydrogens (tertiary/aromatic N) is 2. The van der Waals surface area contributed by atoms with Gasteiger partial charge >= 0.3 is 0 Å². The average Bonchev–Trinajstić information content (AvgIpc) is 3.89. The first-order chi connectivity index (χ1) is 33.3. The Hall–Kier alpha value is -7.84. The molecule has 2 heterocycles. The highest BCUT2D eigenvalue weighted by atomic mass is 16.5. The summed E-state index contributed by atoms with van der Waals surface area (Å²) in [5.74, 6) is 3.47. The lowest BCUT2D eigenvalue weighted by atomic mass is 9.80. The molecule has 0 radical (unpaired) electrons. The maximum atomic E-state index is 12.3. The van der Waals surface area contributed by atoms with Crippen molar-refractivity contribution in [1.29, 1.82) is 0 Å². The normalized spacial score (nSPS) is 15.1. The lowest BCUT2D eigenvalue weighted by Gasteiger charge is -2.32. The second-order valence-corrected chi connectivity index (χ2v) is 18.3. The maximum absolute atomic E-state index is 12.3. The van der Waals surface area contributed by atoms with Crippen molar-refractivity contribution in [3.63, 3.8) is 0 Å². The number of aromatic nitrogens is 2. The minimum absolute atomic E-state index is 0.168. The Balaban J connectivity index is 0.897. The van der Waals surface area contributed by atoms with E-state index in [1.54, 1.807) is 14.2 Å². The Kier molecular flexibility index (Phi) is 11.2. The van der Waals surface area contributed by atoms with Crippen molar-refractivity contribution in [3.05, 3.63) is 169 Å². The molecule has 68 heavy (non-hydrogen) atoms. The third-order valence-electron chi connectivity index (χ3n) is 14.0. The summed E-state index contributed by atoms with van der Waals surface area (Å²) in [5.41, 5.74) is 10.4. The van der Waals surface area contributed by atoms with Crippen LogP contribution in [0.15, 0.2) is 158 Å². The molecule has 2 N–H and O–H groups in total. The molecule has 1 fully saturated rings.